The number of hydrogen-bond donors (Lipinski definition) is 1. The Morgan fingerprint density at radius 3 is 2.48 bits per heavy atom. The largest absolute Gasteiger partial charge is 0.352 e. The highest BCUT2D eigenvalue weighted by molar-refractivity contribution is 5.84. The van der Waals surface area contributed by atoms with Crippen LogP contribution in [0.1, 0.15) is 37.7 Å². The van der Waals surface area contributed by atoms with Gasteiger partial charge in [0, 0.05) is 25.6 Å². The van der Waals surface area contributed by atoms with Gasteiger partial charge in [0.2, 0.25) is 11.8 Å². The fourth-order valence-electron chi connectivity index (χ4n) is 5.15. The van der Waals surface area contributed by atoms with Gasteiger partial charge >= 0.3 is 0 Å². The highest BCUT2D eigenvalue weighted by Gasteiger charge is 2.42. The highest BCUT2D eigenvalue weighted by atomic mass is 16.2. The molecule has 2 amide bonds. The van der Waals surface area contributed by atoms with Crippen LogP contribution in [0.4, 0.5) is 0 Å². The number of carbonyl (C=O) groups excluding carboxylic acids is 2. The van der Waals surface area contributed by atoms with E-state index in [0.29, 0.717) is 38.9 Å². The zero-order chi connectivity index (χ0) is 23.1. The average Bonchev–Trinajstić information content (AvgIpc) is 2.88. The molecule has 4 nitrogen and oxygen atoms in total. The smallest absolute Gasteiger partial charge is 0.226 e. The maximum atomic E-state index is 13.3. The Labute approximate surface area is 197 Å². The summed E-state index contributed by atoms with van der Waals surface area (Å²) in [4.78, 5) is 28.4. The van der Waals surface area contributed by atoms with Gasteiger partial charge in [-0.05, 0) is 55.2 Å². The van der Waals surface area contributed by atoms with Crippen LogP contribution >= 0.6 is 0 Å². The second-order valence-corrected chi connectivity index (χ2v) is 9.33. The van der Waals surface area contributed by atoms with Crippen LogP contribution in [0.15, 0.2) is 79.4 Å². The van der Waals surface area contributed by atoms with E-state index in [4.69, 9.17) is 0 Å². The number of benzene rings is 2. The molecule has 0 aromatic heterocycles. The molecular formula is C29H34N2O2. The van der Waals surface area contributed by atoms with E-state index in [0.717, 1.165) is 30.4 Å². The summed E-state index contributed by atoms with van der Waals surface area (Å²) in [6.45, 7) is 5.48. The van der Waals surface area contributed by atoms with E-state index in [2.05, 4.69) is 60.4 Å². The van der Waals surface area contributed by atoms with Crippen molar-refractivity contribution in [2.24, 2.45) is 11.3 Å². The first-order chi connectivity index (χ1) is 16.1. The molecule has 0 bridgehead atoms. The number of likely N-dealkylation sites (tertiary alicyclic amines) is 1. The van der Waals surface area contributed by atoms with Gasteiger partial charge in [0.05, 0.1) is 5.41 Å². The summed E-state index contributed by atoms with van der Waals surface area (Å²) in [5, 5.41) is 3.05. The second kappa shape index (κ2) is 10.7. The summed E-state index contributed by atoms with van der Waals surface area (Å²) >= 11 is 0. The lowest BCUT2D eigenvalue weighted by Crippen LogP contribution is -2.52. The number of hydrogen-bond acceptors (Lipinski definition) is 2. The van der Waals surface area contributed by atoms with Gasteiger partial charge in [-0.15, -0.1) is 6.58 Å². The van der Waals surface area contributed by atoms with Gasteiger partial charge in [-0.2, -0.15) is 0 Å². The molecule has 1 aliphatic carbocycles. The predicted molar refractivity (Wildman–Crippen MR) is 134 cm³/mol. The maximum absolute atomic E-state index is 13.3. The molecule has 1 atom stereocenters. The van der Waals surface area contributed by atoms with E-state index in [1.54, 1.807) is 6.08 Å². The first-order valence-corrected chi connectivity index (χ1v) is 12.1. The van der Waals surface area contributed by atoms with Crippen LogP contribution in [0.25, 0.3) is 11.1 Å². The molecule has 0 saturated carbocycles. The monoisotopic (exact) mass is 442 g/mol. The molecule has 1 fully saturated rings. The van der Waals surface area contributed by atoms with E-state index < -0.39 is 5.41 Å². The van der Waals surface area contributed by atoms with E-state index in [1.165, 1.54) is 5.56 Å². The summed E-state index contributed by atoms with van der Waals surface area (Å²) in [6.07, 6.45) is 10.8. The molecule has 0 radical (unpaired) electrons. The van der Waals surface area contributed by atoms with Crippen molar-refractivity contribution in [1.29, 1.82) is 0 Å². The van der Waals surface area contributed by atoms with Crippen LogP contribution in [0.2, 0.25) is 0 Å². The number of allylic oxidation sites excluding steroid dienone is 2. The summed E-state index contributed by atoms with van der Waals surface area (Å²) < 4.78 is 0. The van der Waals surface area contributed by atoms with E-state index in [-0.39, 0.29) is 17.7 Å². The minimum Gasteiger partial charge on any atom is -0.352 e. The van der Waals surface area contributed by atoms with E-state index in [9.17, 15) is 9.59 Å². The summed E-state index contributed by atoms with van der Waals surface area (Å²) in [7, 11) is 0. The molecule has 1 heterocycles. The number of nitrogens with zero attached hydrogens (tertiary/aromatic N) is 1. The topological polar surface area (TPSA) is 49.4 Å². The van der Waals surface area contributed by atoms with Crippen LogP contribution < -0.4 is 5.32 Å². The molecule has 0 unspecified atom stereocenters. The standard InChI is InChI=1S/C29H34N2O2/c1-2-18-30-28(33)29(16-19-31(20-17-29)27(32)25-13-7-4-8-14-25)22-23-10-9-15-26(21-23)24-11-5-3-6-12-24/h2-7,9-12,15,21,25H,1,8,13-14,16-20,22H2,(H,30,33)/t25-/m0/s1. The average molecular weight is 443 g/mol. The molecule has 33 heavy (non-hydrogen) atoms. The van der Waals surface area contributed by atoms with Gasteiger partial charge in [0.15, 0.2) is 0 Å². The third-order valence-corrected chi connectivity index (χ3v) is 7.12. The Hall–Kier alpha value is -3.14. The Morgan fingerprint density at radius 2 is 1.79 bits per heavy atom. The first kappa shape index (κ1) is 23.0. The van der Waals surface area contributed by atoms with Crippen molar-refractivity contribution in [2.45, 2.75) is 38.5 Å². The van der Waals surface area contributed by atoms with Crippen molar-refractivity contribution < 1.29 is 9.59 Å². The van der Waals surface area contributed by atoms with Gasteiger partial charge in [-0.3, -0.25) is 9.59 Å². The normalized spacial score (nSPS) is 19.6. The Morgan fingerprint density at radius 1 is 1.03 bits per heavy atom. The van der Waals surface area contributed by atoms with Crippen LogP contribution in [0, 0.1) is 11.3 Å². The van der Waals surface area contributed by atoms with Crippen LogP contribution in [-0.4, -0.2) is 36.3 Å². The minimum absolute atomic E-state index is 0.0696. The quantitative estimate of drug-likeness (QED) is 0.602. The Balaban J connectivity index is 1.51. The van der Waals surface area contributed by atoms with Gasteiger partial charge in [0.1, 0.15) is 0 Å². The molecule has 0 spiro atoms. The van der Waals surface area contributed by atoms with Gasteiger partial charge < -0.3 is 10.2 Å². The highest BCUT2D eigenvalue weighted by Crippen LogP contribution is 2.37. The zero-order valence-corrected chi connectivity index (χ0v) is 19.3. The minimum atomic E-state index is -0.512. The molecule has 2 aromatic rings. The van der Waals surface area contributed by atoms with Gasteiger partial charge in [0.25, 0.3) is 0 Å². The Bertz CT molecular complexity index is 1000. The number of carbonyl (C=O) groups is 2. The number of rotatable bonds is 7. The van der Waals surface area contributed by atoms with Gasteiger partial charge in [-0.25, -0.2) is 0 Å². The van der Waals surface area contributed by atoms with Crippen molar-refractivity contribution in [3.8, 4) is 11.1 Å². The van der Waals surface area contributed by atoms with Crippen molar-refractivity contribution in [3.63, 3.8) is 0 Å². The SMILES string of the molecule is C=CCNC(=O)C1(Cc2cccc(-c3ccccc3)c2)CCN(C(=O)[C@H]2CC=CCC2)CC1. The van der Waals surface area contributed by atoms with Crippen molar-refractivity contribution in [3.05, 3.63) is 85.0 Å². The molecular weight excluding hydrogens is 408 g/mol. The lowest BCUT2D eigenvalue weighted by atomic mass is 9.72. The van der Waals surface area contributed by atoms with Crippen LogP contribution in [0.3, 0.4) is 0 Å². The number of piperidine rings is 1. The van der Waals surface area contributed by atoms with E-state index >= 15 is 0 Å². The molecule has 1 aliphatic heterocycles. The molecule has 2 aromatic carbocycles. The van der Waals surface area contributed by atoms with E-state index in [1.807, 2.05) is 23.1 Å². The zero-order valence-electron chi connectivity index (χ0n) is 19.3. The Kier molecular flexibility index (Phi) is 7.43. The summed E-state index contributed by atoms with van der Waals surface area (Å²) in [5.41, 5.74) is 2.98. The molecule has 4 heteroatoms. The third kappa shape index (κ3) is 5.44. The van der Waals surface area contributed by atoms with Crippen LogP contribution in [0.5, 0.6) is 0 Å². The maximum Gasteiger partial charge on any atom is 0.226 e. The lowest BCUT2D eigenvalue weighted by molar-refractivity contribution is -0.143. The van der Waals surface area contributed by atoms with Crippen LogP contribution in [-0.2, 0) is 16.0 Å². The molecule has 172 valence electrons. The molecule has 2 aliphatic rings. The number of amides is 2. The van der Waals surface area contributed by atoms with Crippen molar-refractivity contribution in [2.75, 3.05) is 19.6 Å². The first-order valence-electron chi connectivity index (χ1n) is 12.1. The van der Waals surface area contributed by atoms with Crippen molar-refractivity contribution >= 4 is 11.8 Å². The van der Waals surface area contributed by atoms with Gasteiger partial charge in [-0.1, -0.05) is 72.8 Å². The fraction of sp³-hybridized carbons (Fsp3) is 0.379. The van der Waals surface area contributed by atoms with Crippen molar-refractivity contribution in [1.82, 2.24) is 10.2 Å². The summed E-state index contributed by atoms with van der Waals surface area (Å²) in [5.74, 6) is 0.422. The summed E-state index contributed by atoms with van der Waals surface area (Å²) in [6, 6.07) is 18.8. The lowest BCUT2D eigenvalue weighted by Gasteiger charge is -2.42. The molecule has 1 N–H and O–H groups in total. The fourth-order valence-corrected chi connectivity index (χ4v) is 5.15. The third-order valence-electron chi connectivity index (χ3n) is 7.12. The second-order valence-electron chi connectivity index (χ2n) is 9.33. The molecule has 1 saturated heterocycles. The molecule has 4 rings (SSSR count). The number of nitrogens with one attached hydrogen (secondary N) is 1. The predicted octanol–water partition coefficient (Wildman–Crippen LogP) is 5.16.